The van der Waals surface area contributed by atoms with Crippen molar-refractivity contribution in [3.8, 4) is 0 Å². The highest BCUT2D eigenvalue weighted by atomic mass is 19.4. The Morgan fingerprint density at radius 2 is 1.93 bits per heavy atom. The molecule has 1 aliphatic carbocycles. The molecule has 1 saturated carbocycles. The van der Waals surface area contributed by atoms with Gasteiger partial charge in [0.25, 0.3) is 5.56 Å². The van der Waals surface area contributed by atoms with Crippen molar-refractivity contribution in [2.45, 2.75) is 50.9 Å². The fourth-order valence-electron chi connectivity index (χ4n) is 3.63. The SMILES string of the molecule is N=C(Nc1cccc(CNCC(F)(F)F)c1)c1c(NC2CCCCC2)cc[nH]c1=O. The summed E-state index contributed by atoms with van der Waals surface area (Å²) in [5, 5.41) is 17.1. The molecule has 30 heavy (non-hydrogen) atoms. The first-order valence-electron chi connectivity index (χ1n) is 10.0. The summed E-state index contributed by atoms with van der Waals surface area (Å²) in [6, 6.07) is 8.77. The van der Waals surface area contributed by atoms with Crippen LogP contribution in [-0.2, 0) is 6.54 Å². The average Bonchev–Trinajstić information content (AvgIpc) is 2.68. The number of aromatic amines is 1. The molecule has 0 radical (unpaired) electrons. The molecular formula is C21H26F3N5O. The molecule has 0 amide bonds. The fraction of sp³-hybridized carbons (Fsp3) is 0.429. The standard InChI is InChI=1S/C21H26F3N5O/c22-21(23,24)13-26-12-14-5-4-8-16(11-14)29-19(25)18-17(9-10-27-20(18)30)28-15-6-2-1-3-7-15/h4-5,8-11,15,26H,1-3,6-7,12-13H2,(H2,25,29)(H2,27,28,30). The Hall–Kier alpha value is -2.81. The van der Waals surface area contributed by atoms with Crippen molar-refractivity contribution in [2.24, 2.45) is 0 Å². The van der Waals surface area contributed by atoms with E-state index in [4.69, 9.17) is 5.41 Å². The summed E-state index contributed by atoms with van der Waals surface area (Å²) in [5.74, 6) is -0.0736. The Morgan fingerprint density at radius 3 is 2.67 bits per heavy atom. The zero-order chi connectivity index (χ0) is 21.6. The van der Waals surface area contributed by atoms with Crippen molar-refractivity contribution in [1.29, 1.82) is 5.41 Å². The lowest BCUT2D eigenvalue weighted by molar-refractivity contribution is -0.125. The minimum absolute atomic E-state index is 0.0444. The van der Waals surface area contributed by atoms with Gasteiger partial charge in [0.2, 0.25) is 0 Å². The summed E-state index contributed by atoms with van der Waals surface area (Å²) < 4.78 is 36.9. The lowest BCUT2D eigenvalue weighted by Gasteiger charge is -2.25. The molecule has 9 heteroatoms. The number of benzene rings is 1. The molecule has 162 valence electrons. The molecule has 1 heterocycles. The Morgan fingerprint density at radius 1 is 1.17 bits per heavy atom. The highest BCUT2D eigenvalue weighted by Crippen LogP contribution is 2.23. The van der Waals surface area contributed by atoms with E-state index in [1.165, 1.54) is 6.42 Å². The van der Waals surface area contributed by atoms with E-state index in [0.29, 0.717) is 16.9 Å². The lowest BCUT2D eigenvalue weighted by atomic mass is 9.95. The smallest absolute Gasteiger partial charge is 0.382 e. The number of amidine groups is 1. The van der Waals surface area contributed by atoms with Crippen LogP contribution in [0.1, 0.15) is 43.2 Å². The van der Waals surface area contributed by atoms with Gasteiger partial charge in [-0.05, 0) is 36.6 Å². The van der Waals surface area contributed by atoms with Crippen LogP contribution in [0.4, 0.5) is 24.5 Å². The predicted octanol–water partition coefficient (Wildman–Crippen LogP) is 4.21. The summed E-state index contributed by atoms with van der Waals surface area (Å²) in [7, 11) is 0. The molecule has 1 aliphatic rings. The molecule has 6 nitrogen and oxygen atoms in total. The van der Waals surface area contributed by atoms with E-state index in [2.05, 4.69) is 20.9 Å². The number of rotatable bonds is 7. The molecule has 0 spiro atoms. The number of anilines is 2. The minimum Gasteiger partial charge on any atom is -0.382 e. The van der Waals surface area contributed by atoms with E-state index >= 15 is 0 Å². The Labute approximate surface area is 172 Å². The molecule has 1 fully saturated rings. The van der Waals surface area contributed by atoms with Gasteiger partial charge >= 0.3 is 6.18 Å². The third-order valence-electron chi connectivity index (χ3n) is 5.03. The zero-order valence-electron chi connectivity index (χ0n) is 16.5. The molecule has 0 saturated heterocycles. The van der Waals surface area contributed by atoms with Gasteiger partial charge in [0, 0.05) is 24.5 Å². The quantitative estimate of drug-likeness (QED) is 0.342. The van der Waals surface area contributed by atoms with Crippen molar-refractivity contribution < 1.29 is 13.2 Å². The van der Waals surface area contributed by atoms with Crippen molar-refractivity contribution in [3.05, 3.63) is 58.0 Å². The second-order valence-corrected chi connectivity index (χ2v) is 7.49. The van der Waals surface area contributed by atoms with Crippen molar-refractivity contribution in [1.82, 2.24) is 10.3 Å². The number of hydrogen-bond acceptors (Lipinski definition) is 4. The third-order valence-corrected chi connectivity index (χ3v) is 5.03. The fourth-order valence-corrected chi connectivity index (χ4v) is 3.63. The first-order chi connectivity index (χ1) is 14.3. The monoisotopic (exact) mass is 421 g/mol. The number of pyridine rings is 1. The summed E-state index contributed by atoms with van der Waals surface area (Å²) >= 11 is 0. The van der Waals surface area contributed by atoms with E-state index in [-0.39, 0.29) is 29.5 Å². The lowest BCUT2D eigenvalue weighted by Crippen LogP contribution is -2.29. The van der Waals surface area contributed by atoms with Crippen LogP contribution >= 0.6 is 0 Å². The van der Waals surface area contributed by atoms with Gasteiger partial charge in [-0.2, -0.15) is 13.2 Å². The molecule has 0 aliphatic heterocycles. The largest absolute Gasteiger partial charge is 0.401 e. The van der Waals surface area contributed by atoms with Gasteiger partial charge in [0.15, 0.2) is 0 Å². The Bertz CT molecular complexity index is 919. The summed E-state index contributed by atoms with van der Waals surface area (Å²) in [4.78, 5) is 15.0. The number of H-pyrrole nitrogens is 1. The maximum Gasteiger partial charge on any atom is 0.401 e. The van der Waals surface area contributed by atoms with Crippen LogP contribution in [0.15, 0.2) is 41.3 Å². The topological polar surface area (TPSA) is 92.8 Å². The summed E-state index contributed by atoms with van der Waals surface area (Å²) in [5.41, 5.74) is 1.60. The number of halogens is 3. The van der Waals surface area contributed by atoms with Crippen LogP contribution in [0, 0.1) is 5.41 Å². The van der Waals surface area contributed by atoms with Crippen LogP contribution in [0.5, 0.6) is 0 Å². The highest BCUT2D eigenvalue weighted by Gasteiger charge is 2.26. The molecule has 1 aromatic heterocycles. The van der Waals surface area contributed by atoms with Gasteiger partial charge in [0.05, 0.1) is 12.2 Å². The second-order valence-electron chi connectivity index (χ2n) is 7.49. The molecule has 0 unspecified atom stereocenters. The third kappa shape index (κ3) is 6.35. The Balaban J connectivity index is 1.70. The van der Waals surface area contributed by atoms with Gasteiger partial charge in [-0.15, -0.1) is 0 Å². The van der Waals surface area contributed by atoms with Crippen molar-refractivity contribution >= 4 is 17.2 Å². The van der Waals surface area contributed by atoms with Crippen LogP contribution in [0.3, 0.4) is 0 Å². The van der Waals surface area contributed by atoms with E-state index in [1.807, 2.05) is 0 Å². The van der Waals surface area contributed by atoms with Crippen molar-refractivity contribution in [2.75, 3.05) is 17.2 Å². The number of nitrogens with one attached hydrogen (secondary N) is 5. The maximum absolute atomic E-state index is 12.4. The second kappa shape index (κ2) is 9.80. The Kier molecular flexibility index (Phi) is 7.15. The normalized spacial score (nSPS) is 15.0. The molecule has 0 atom stereocenters. The first-order valence-corrected chi connectivity index (χ1v) is 10.0. The van der Waals surface area contributed by atoms with Gasteiger partial charge < -0.3 is 20.9 Å². The van der Waals surface area contributed by atoms with Crippen LogP contribution in [-0.4, -0.2) is 29.6 Å². The number of hydrogen-bond donors (Lipinski definition) is 5. The molecule has 3 rings (SSSR count). The van der Waals surface area contributed by atoms with Gasteiger partial charge in [0.1, 0.15) is 11.4 Å². The molecular weight excluding hydrogens is 395 g/mol. The average molecular weight is 421 g/mol. The van der Waals surface area contributed by atoms with Gasteiger partial charge in [-0.3, -0.25) is 10.2 Å². The predicted molar refractivity (Wildman–Crippen MR) is 112 cm³/mol. The molecule has 1 aromatic carbocycles. The summed E-state index contributed by atoms with van der Waals surface area (Å²) in [6.45, 7) is -1.03. The number of alkyl halides is 3. The minimum atomic E-state index is -4.27. The molecule has 2 aromatic rings. The highest BCUT2D eigenvalue weighted by molar-refractivity contribution is 6.09. The zero-order valence-corrected chi connectivity index (χ0v) is 16.5. The van der Waals surface area contributed by atoms with Crippen molar-refractivity contribution in [3.63, 3.8) is 0 Å². The van der Waals surface area contributed by atoms with E-state index < -0.39 is 12.7 Å². The van der Waals surface area contributed by atoms with Gasteiger partial charge in [-0.25, -0.2) is 0 Å². The van der Waals surface area contributed by atoms with Gasteiger partial charge in [-0.1, -0.05) is 31.4 Å². The maximum atomic E-state index is 12.4. The van der Waals surface area contributed by atoms with E-state index in [1.54, 1.807) is 36.5 Å². The summed E-state index contributed by atoms with van der Waals surface area (Å²) in [6.07, 6.45) is 2.83. The van der Waals surface area contributed by atoms with E-state index in [9.17, 15) is 18.0 Å². The first kappa shape index (κ1) is 21.9. The number of aromatic nitrogens is 1. The van der Waals surface area contributed by atoms with Crippen LogP contribution < -0.4 is 21.5 Å². The van der Waals surface area contributed by atoms with Crippen LogP contribution in [0.2, 0.25) is 0 Å². The van der Waals surface area contributed by atoms with Crippen LogP contribution in [0.25, 0.3) is 0 Å². The molecule has 0 bridgehead atoms. The van der Waals surface area contributed by atoms with E-state index in [0.717, 1.165) is 25.7 Å². The molecule has 5 N–H and O–H groups in total.